The fourth-order valence-corrected chi connectivity index (χ4v) is 3.01. The van der Waals surface area contributed by atoms with E-state index in [-0.39, 0.29) is 6.04 Å². The highest BCUT2D eigenvalue weighted by Crippen LogP contribution is 2.34. The Balaban J connectivity index is 2.34. The van der Waals surface area contributed by atoms with Crippen molar-refractivity contribution in [1.82, 2.24) is 5.43 Å². The average Bonchev–Trinajstić information content (AvgIpc) is 2.44. The molecule has 106 valence electrons. The van der Waals surface area contributed by atoms with Gasteiger partial charge >= 0.3 is 0 Å². The summed E-state index contributed by atoms with van der Waals surface area (Å²) in [5.74, 6) is 5.66. The molecule has 0 aliphatic carbocycles. The highest BCUT2D eigenvalue weighted by molar-refractivity contribution is 9.10. The molecule has 6 heteroatoms. The lowest BCUT2D eigenvalue weighted by Gasteiger charge is -2.19. The van der Waals surface area contributed by atoms with Crippen molar-refractivity contribution in [2.24, 2.45) is 5.84 Å². The van der Waals surface area contributed by atoms with Crippen LogP contribution in [-0.2, 0) is 6.42 Å². The van der Waals surface area contributed by atoms with Crippen molar-refractivity contribution in [3.63, 3.8) is 0 Å². The smallest absolute Gasteiger partial charge is 0.0624 e. The first-order valence-electron chi connectivity index (χ1n) is 5.87. The number of hydrogen-bond acceptors (Lipinski definition) is 2. The van der Waals surface area contributed by atoms with Gasteiger partial charge in [0.2, 0.25) is 0 Å². The Bertz CT molecular complexity index is 619. The molecule has 0 radical (unpaired) electrons. The zero-order valence-corrected chi connectivity index (χ0v) is 14.2. The third-order valence-electron chi connectivity index (χ3n) is 3.01. The van der Waals surface area contributed by atoms with Crippen LogP contribution in [0.1, 0.15) is 17.2 Å². The molecule has 0 bridgehead atoms. The molecule has 2 aromatic carbocycles. The Morgan fingerprint density at radius 3 is 2.45 bits per heavy atom. The Labute approximate surface area is 141 Å². The summed E-state index contributed by atoms with van der Waals surface area (Å²) in [5.41, 5.74) is 4.59. The molecule has 0 fully saturated rings. The number of nitrogens with one attached hydrogen (secondary N) is 1. The number of halogens is 4. The molecule has 20 heavy (non-hydrogen) atoms. The van der Waals surface area contributed by atoms with E-state index in [2.05, 4.69) is 21.4 Å². The molecule has 0 aliphatic rings. The third-order valence-corrected chi connectivity index (χ3v) is 5.18. The van der Waals surface area contributed by atoms with Gasteiger partial charge in [-0.05, 0) is 45.6 Å². The molecule has 0 aliphatic heterocycles. The quantitative estimate of drug-likeness (QED) is 0.555. The Hall–Kier alpha value is -0.290. The van der Waals surface area contributed by atoms with Gasteiger partial charge in [0.25, 0.3) is 0 Å². The van der Waals surface area contributed by atoms with Gasteiger partial charge in [0.05, 0.1) is 21.1 Å². The summed E-state index contributed by atoms with van der Waals surface area (Å²) >= 11 is 21.9. The molecule has 0 spiro atoms. The molecule has 0 heterocycles. The van der Waals surface area contributed by atoms with Gasteiger partial charge in [-0.3, -0.25) is 11.3 Å². The lowest BCUT2D eigenvalue weighted by molar-refractivity contribution is 0.552. The van der Waals surface area contributed by atoms with Crippen molar-refractivity contribution in [2.75, 3.05) is 0 Å². The van der Waals surface area contributed by atoms with E-state index in [1.165, 1.54) is 0 Å². The van der Waals surface area contributed by atoms with Crippen molar-refractivity contribution >= 4 is 50.7 Å². The standard InChI is InChI=1S/C14H12BrCl3N2/c15-10-5-2-4-9(14(10)18)12(20-19)7-8-3-1-6-11(16)13(8)17/h1-6,12,20H,7,19H2. The number of hydrogen-bond donors (Lipinski definition) is 2. The second-order valence-corrected chi connectivity index (χ2v) is 6.30. The first kappa shape index (κ1) is 16.1. The van der Waals surface area contributed by atoms with Crippen LogP contribution >= 0.6 is 50.7 Å². The van der Waals surface area contributed by atoms with Gasteiger partial charge in [0, 0.05) is 4.47 Å². The molecule has 0 saturated heterocycles. The highest BCUT2D eigenvalue weighted by atomic mass is 79.9. The van der Waals surface area contributed by atoms with E-state index < -0.39 is 0 Å². The Kier molecular flexibility index (Phi) is 5.73. The summed E-state index contributed by atoms with van der Waals surface area (Å²) < 4.78 is 0.828. The minimum absolute atomic E-state index is 0.157. The van der Waals surface area contributed by atoms with Gasteiger partial charge in [-0.2, -0.15) is 0 Å². The molecule has 0 aromatic heterocycles. The van der Waals surface area contributed by atoms with Gasteiger partial charge in [0.1, 0.15) is 0 Å². The van der Waals surface area contributed by atoms with Gasteiger partial charge in [-0.15, -0.1) is 0 Å². The van der Waals surface area contributed by atoms with Crippen LogP contribution in [0.15, 0.2) is 40.9 Å². The van der Waals surface area contributed by atoms with Crippen LogP contribution in [-0.4, -0.2) is 0 Å². The van der Waals surface area contributed by atoms with Crippen molar-refractivity contribution in [1.29, 1.82) is 0 Å². The molecule has 0 amide bonds. The van der Waals surface area contributed by atoms with Gasteiger partial charge in [-0.1, -0.05) is 59.1 Å². The summed E-state index contributed by atoms with van der Waals surface area (Å²) in [6.07, 6.45) is 0.589. The van der Waals surface area contributed by atoms with E-state index in [4.69, 9.17) is 40.6 Å². The van der Waals surface area contributed by atoms with E-state index >= 15 is 0 Å². The molecule has 1 unspecified atom stereocenters. The second kappa shape index (κ2) is 7.12. The molecule has 2 aromatic rings. The Morgan fingerprint density at radius 2 is 1.75 bits per heavy atom. The highest BCUT2D eigenvalue weighted by Gasteiger charge is 2.17. The van der Waals surface area contributed by atoms with Crippen LogP contribution < -0.4 is 11.3 Å². The van der Waals surface area contributed by atoms with Gasteiger partial charge < -0.3 is 0 Å². The molecular formula is C14H12BrCl3N2. The first-order chi connectivity index (χ1) is 9.54. The van der Waals surface area contributed by atoms with E-state index in [0.29, 0.717) is 21.5 Å². The minimum atomic E-state index is -0.157. The van der Waals surface area contributed by atoms with E-state index in [1.807, 2.05) is 30.3 Å². The van der Waals surface area contributed by atoms with E-state index in [9.17, 15) is 0 Å². The van der Waals surface area contributed by atoms with Crippen LogP contribution in [0.5, 0.6) is 0 Å². The largest absolute Gasteiger partial charge is 0.271 e. The molecule has 0 saturated carbocycles. The Morgan fingerprint density at radius 1 is 1.05 bits per heavy atom. The lowest BCUT2D eigenvalue weighted by atomic mass is 9.99. The lowest BCUT2D eigenvalue weighted by Crippen LogP contribution is -2.30. The molecule has 2 rings (SSSR count). The number of nitrogens with two attached hydrogens (primary N) is 1. The maximum absolute atomic E-state index is 6.30. The fourth-order valence-electron chi connectivity index (χ4n) is 1.97. The number of hydrazine groups is 1. The fraction of sp³-hybridized carbons (Fsp3) is 0.143. The monoisotopic (exact) mass is 392 g/mol. The van der Waals surface area contributed by atoms with Crippen molar-refractivity contribution < 1.29 is 0 Å². The molecule has 2 nitrogen and oxygen atoms in total. The maximum atomic E-state index is 6.30. The maximum Gasteiger partial charge on any atom is 0.0624 e. The number of benzene rings is 2. The summed E-state index contributed by atoms with van der Waals surface area (Å²) in [7, 11) is 0. The summed E-state index contributed by atoms with van der Waals surface area (Å²) in [4.78, 5) is 0. The summed E-state index contributed by atoms with van der Waals surface area (Å²) in [6.45, 7) is 0. The zero-order chi connectivity index (χ0) is 14.7. The van der Waals surface area contributed by atoms with Crippen molar-refractivity contribution in [3.8, 4) is 0 Å². The van der Waals surface area contributed by atoms with Crippen LogP contribution in [0.2, 0.25) is 15.1 Å². The summed E-state index contributed by atoms with van der Waals surface area (Å²) in [6, 6.07) is 11.1. The molecular weight excluding hydrogens is 382 g/mol. The van der Waals surface area contributed by atoms with E-state index in [0.717, 1.165) is 15.6 Å². The van der Waals surface area contributed by atoms with E-state index in [1.54, 1.807) is 6.07 Å². The molecule has 1 atom stereocenters. The summed E-state index contributed by atoms with van der Waals surface area (Å²) in [5, 5.41) is 1.70. The molecule has 3 N–H and O–H groups in total. The van der Waals surface area contributed by atoms with Crippen LogP contribution in [0, 0.1) is 0 Å². The third kappa shape index (κ3) is 3.48. The van der Waals surface area contributed by atoms with Crippen LogP contribution in [0.3, 0.4) is 0 Å². The van der Waals surface area contributed by atoms with Gasteiger partial charge in [0.15, 0.2) is 0 Å². The van der Waals surface area contributed by atoms with Crippen LogP contribution in [0.4, 0.5) is 0 Å². The van der Waals surface area contributed by atoms with Gasteiger partial charge in [-0.25, -0.2) is 0 Å². The average molecular weight is 395 g/mol. The van der Waals surface area contributed by atoms with Crippen molar-refractivity contribution in [2.45, 2.75) is 12.5 Å². The topological polar surface area (TPSA) is 38.0 Å². The predicted octanol–water partition coefficient (Wildman–Crippen LogP) is 5.16. The van der Waals surface area contributed by atoms with Crippen LogP contribution in [0.25, 0.3) is 0 Å². The normalized spacial score (nSPS) is 12.4. The second-order valence-electron chi connectivity index (χ2n) is 4.28. The first-order valence-corrected chi connectivity index (χ1v) is 7.80. The zero-order valence-electron chi connectivity index (χ0n) is 10.3. The van der Waals surface area contributed by atoms with Crippen molar-refractivity contribution in [3.05, 3.63) is 67.1 Å². The minimum Gasteiger partial charge on any atom is -0.271 e. The number of rotatable bonds is 4. The predicted molar refractivity (Wildman–Crippen MR) is 89.4 cm³/mol. The SMILES string of the molecule is NNC(Cc1cccc(Cl)c1Cl)c1cccc(Br)c1Cl.